The first-order valence-electron chi connectivity index (χ1n) is 11.4. The maximum Gasteiger partial charge on any atom is 0.132 e. The minimum absolute atomic E-state index is 0.101. The molecule has 0 aliphatic carbocycles. The van der Waals surface area contributed by atoms with Gasteiger partial charge in [0.2, 0.25) is 0 Å². The molecule has 3 heteroatoms. The number of phenolic OH excluding ortho intramolecular Hbond substituents is 2. The van der Waals surface area contributed by atoms with Gasteiger partial charge in [-0.05, 0) is 75.5 Å². The molecule has 0 bridgehead atoms. The molecule has 1 heterocycles. The second-order valence-electron chi connectivity index (χ2n) is 8.79. The molecule has 0 aromatic heterocycles. The molecular formula is C30H24O3. The van der Waals surface area contributed by atoms with E-state index in [2.05, 4.69) is 31.2 Å². The Balaban J connectivity index is 1.69. The quantitative estimate of drug-likeness (QED) is 0.302. The zero-order valence-electron chi connectivity index (χ0n) is 18.4. The molecule has 1 aliphatic heterocycles. The van der Waals surface area contributed by atoms with Gasteiger partial charge in [0.25, 0.3) is 0 Å². The van der Waals surface area contributed by atoms with Crippen LogP contribution < -0.4 is 4.74 Å². The highest BCUT2D eigenvalue weighted by molar-refractivity contribution is 5.96. The van der Waals surface area contributed by atoms with Crippen LogP contribution in [0.5, 0.6) is 23.0 Å². The van der Waals surface area contributed by atoms with Crippen molar-refractivity contribution in [2.75, 3.05) is 0 Å². The van der Waals surface area contributed by atoms with Crippen LogP contribution in [0.2, 0.25) is 0 Å². The summed E-state index contributed by atoms with van der Waals surface area (Å²) in [5.41, 5.74) is 4.55. The SMILES string of the molecule is CCCc1ccc(C2c3c(ccc4ccc(O)cc34)Oc3ccc4ccc(O)cc4c32)cc1. The topological polar surface area (TPSA) is 49.7 Å². The molecule has 0 fully saturated rings. The van der Waals surface area contributed by atoms with Gasteiger partial charge in [-0.2, -0.15) is 0 Å². The van der Waals surface area contributed by atoms with Crippen LogP contribution in [0.15, 0.2) is 84.9 Å². The molecule has 162 valence electrons. The first kappa shape index (κ1) is 19.7. The van der Waals surface area contributed by atoms with Crippen molar-refractivity contribution in [2.45, 2.75) is 25.7 Å². The molecule has 33 heavy (non-hydrogen) atoms. The highest BCUT2D eigenvalue weighted by Gasteiger charge is 2.32. The highest BCUT2D eigenvalue weighted by atomic mass is 16.5. The van der Waals surface area contributed by atoms with Crippen molar-refractivity contribution >= 4 is 21.5 Å². The maximum atomic E-state index is 10.3. The summed E-state index contributed by atoms with van der Waals surface area (Å²) in [7, 11) is 0. The van der Waals surface area contributed by atoms with E-state index in [-0.39, 0.29) is 17.4 Å². The van der Waals surface area contributed by atoms with E-state index in [4.69, 9.17) is 4.74 Å². The molecule has 1 aliphatic rings. The summed E-state index contributed by atoms with van der Waals surface area (Å²) in [5.74, 6) is 1.95. The van der Waals surface area contributed by atoms with E-state index < -0.39 is 0 Å². The van der Waals surface area contributed by atoms with E-state index in [0.717, 1.165) is 62.6 Å². The number of aryl methyl sites for hydroxylation is 1. The van der Waals surface area contributed by atoms with Crippen LogP contribution in [0.3, 0.4) is 0 Å². The maximum absolute atomic E-state index is 10.3. The summed E-state index contributed by atoms with van der Waals surface area (Å²) in [6.45, 7) is 2.19. The molecule has 3 nitrogen and oxygen atoms in total. The third kappa shape index (κ3) is 3.20. The van der Waals surface area contributed by atoms with Gasteiger partial charge in [-0.3, -0.25) is 0 Å². The average molecular weight is 433 g/mol. The van der Waals surface area contributed by atoms with Gasteiger partial charge < -0.3 is 14.9 Å². The van der Waals surface area contributed by atoms with Crippen molar-refractivity contribution in [3.8, 4) is 23.0 Å². The largest absolute Gasteiger partial charge is 0.508 e. The number of aromatic hydroxyl groups is 2. The molecule has 0 unspecified atom stereocenters. The summed E-state index contributed by atoms with van der Waals surface area (Å²) in [4.78, 5) is 0. The first-order chi connectivity index (χ1) is 16.1. The molecule has 0 radical (unpaired) electrons. The summed E-state index contributed by atoms with van der Waals surface area (Å²) in [6.07, 6.45) is 2.16. The van der Waals surface area contributed by atoms with Gasteiger partial charge in [-0.15, -0.1) is 0 Å². The highest BCUT2D eigenvalue weighted by Crippen LogP contribution is 2.52. The third-order valence-electron chi connectivity index (χ3n) is 6.66. The lowest BCUT2D eigenvalue weighted by Gasteiger charge is -2.31. The molecule has 2 N–H and O–H groups in total. The second kappa shape index (κ2) is 7.56. The van der Waals surface area contributed by atoms with Crippen LogP contribution in [0.25, 0.3) is 21.5 Å². The Morgan fingerprint density at radius 1 is 0.667 bits per heavy atom. The molecule has 0 atom stereocenters. The number of hydrogen-bond donors (Lipinski definition) is 2. The predicted octanol–water partition coefficient (Wildman–Crippen LogP) is 7.64. The fraction of sp³-hybridized carbons (Fsp3) is 0.133. The van der Waals surface area contributed by atoms with E-state index >= 15 is 0 Å². The molecule has 0 saturated heterocycles. The molecule has 0 amide bonds. The smallest absolute Gasteiger partial charge is 0.132 e. The Morgan fingerprint density at radius 2 is 1.18 bits per heavy atom. The number of phenols is 2. The molecule has 6 rings (SSSR count). The van der Waals surface area contributed by atoms with Gasteiger partial charge in [0.15, 0.2) is 0 Å². The van der Waals surface area contributed by atoms with E-state index in [0.29, 0.717) is 0 Å². The van der Waals surface area contributed by atoms with Crippen LogP contribution in [0.4, 0.5) is 0 Å². The van der Waals surface area contributed by atoms with Gasteiger partial charge >= 0.3 is 0 Å². The van der Waals surface area contributed by atoms with Crippen LogP contribution in [-0.4, -0.2) is 10.2 Å². The van der Waals surface area contributed by atoms with Crippen molar-refractivity contribution in [1.82, 2.24) is 0 Å². The number of benzene rings is 5. The van der Waals surface area contributed by atoms with Crippen LogP contribution >= 0.6 is 0 Å². The monoisotopic (exact) mass is 432 g/mol. The van der Waals surface area contributed by atoms with Crippen LogP contribution in [0.1, 0.15) is 41.5 Å². The van der Waals surface area contributed by atoms with Crippen molar-refractivity contribution in [3.63, 3.8) is 0 Å². The van der Waals surface area contributed by atoms with Crippen molar-refractivity contribution in [1.29, 1.82) is 0 Å². The lowest BCUT2D eigenvalue weighted by molar-refractivity contribution is 0.455. The second-order valence-corrected chi connectivity index (χ2v) is 8.79. The van der Waals surface area contributed by atoms with Crippen molar-refractivity contribution in [2.24, 2.45) is 0 Å². The first-order valence-corrected chi connectivity index (χ1v) is 11.4. The van der Waals surface area contributed by atoms with Gasteiger partial charge in [-0.1, -0.05) is 61.9 Å². The molecule has 5 aromatic rings. The van der Waals surface area contributed by atoms with E-state index in [1.165, 1.54) is 5.56 Å². The Labute approximate surface area is 192 Å². The number of hydrogen-bond acceptors (Lipinski definition) is 3. The minimum atomic E-state index is -0.101. The summed E-state index contributed by atoms with van der Waals surface area (Å²) in [5, 5.41) is 24.7. The Bertz CT molecular complexity index is 1420. The van der Waals surface area contributed by atoms with Crippen LogP contribution in [0, 0.1) is 0 Å². The third-order valence-corrected chi connectivity index (χ3v) is 6.66. The molecule has 5 aromatic carbocycles. The Morgan fingerprint density at radius 3 is 1.70 bits per heavy atom. The number of ether oxygens (including phenoxy) is 1. The Kier molecular flexibility index (Phi) is 4.51. The molecule has 0 spiro atoms. The van der Waals surface area contributed by atoms with Crippen molar-refractivity contribution in [3.05, 3.63) is 107 Å². The predicted molar refractivity (Wildman–Crippen MR) is 133 cm³/mol. The summed E-state index contributed by atoms with van der Waals surface area (Å²) < 4.78 is 6.42. The number of rotatable bonds is 3. The summed E-state index contributed by atoms with van der Waals surface area (Å²) in [6, 6.07) is 27.9. The van der Waals surface area contributed by atoms with Gasteiger partial charge in [0.1, 0.15) is 23.0 Å². The Hall–Kier alpha value is -3.98. The van der Waals surface area contributed by atoms with Gasteiger partial charge in [-0.25, -0.2) is 0 Å². The zero-order valence-corrected chi connectivity index (χ0v) is 18.4. The van der Waals surface area contributed by atoms with Gasteiger partial charge in [0, 0.05) is 17.0 Å². The van der Waals surface area contributed by atoms with E-state index in [1.54, 1.807) is 12.1 Å². The molecule has 0 saturated carbocycles. The molecular weight excluding hydrogens is 408 g/mol. The number of fused-ring (bicyclic) bond motifs is 6. The normalized spacial score (nSPS) is 13.0. The van der Waals surface area contributed by atoms with E-state index in [1.807, 2.05) is 48.5 Å². The van der Waals surface area contributed by atoms with Crippen LogP contribution in [-0.2, 0) is 6.42 Å². The minimum Gasteiger partial charge on any atom is -0.508 e. The fourth-order valence-electron chi connectivity index (χ4n) is 5.16. The summed E-state index contributed by atoms with van der Waals surface area (Å²) >= 11 is 0. The van der Waals surface area contributed by atoms with Gasteiger partial charge in [0.05, 0.1) is 0 Å². The lowest BCUT2D eigenvalue weighted by Crippen LogP contribution is -2.13. The standard InChI is InChI=1S/C30H24O3/c1-2-3-18-4-6-21(7-5-18)28-29-24-16-22(31)12-8-19(24)10-14-26(29)33-27-15-11-20-9-13-23(32)17-25(20)30(27)28/h4-17,28,31-32H,2-3H2,1H3. The zero-order chi connectivity index (χ0) is 22.5. The fourth-order valence-corrected chi connectivity index (χ4v) is 5.16. The lowest BCUT2D eigenvalue weighted by atomic mass is 9.78. The van der Waals surface area contributed by atoms with E-state index in [9.17, 15) is 10.2 Å². The van der Waals surface area contributed by atoms with Crippen molar-refractivity contribution < 1.29 is 14.9 Å². The average Bonchev–Trinajstić information content (AvgIpc) is 2.83.